The minimum Gasteiger partial charge on any atom is -0.298 e. The maximum Gasteiger partial charge on any atom is 0.00977 e. The fourth-order valence-corrected chi connectivity index (χ4v) is 3.08. The summed E-state index contributed by atoms with van der Waals surface area (Å²) in [7, 11) is 0. The Morgan fingerprint density at radius 1 is 0.833 bits per heavy atom. The average molecular weight is 255 g/mol. The molecule has 0 aliphatic heterocycles. The van der Waals surface area contributed by atoms with Crippen LogP contribution in [0.1, 0.15) is 86.5 Å². The Kier molecular flexibility index (Phi) is 10.8. The predicted molar refractivity (Wildman–Crippen MR) is 84.1 cm³/mol. The van der Waals surface area contributed by atoms with Gasteiger partial charge in [0.1, 0.15) is 0 Å². The fraction of sp³-hybridized carbons (Fsp3) is 1.00. The van der Waals surface area contributed by atoms with Gasteiger partial charge in [-0.05, 0) is 46.1 Å². The summed E-state index contributed by atoms with van der Waals surface area (Å²) >= 11 is 0. The summed E-state index contributed by atoms with van der Waals surface area (Å²) in [6.45, 7) is 15.3. The summed E-state index contributed by atoms with van der Waals surface area (Å²) in [6, 6.07) is 1.43. The number of hydrogen-bond donors (Lipinski definition) is 0. The van der Waals surface area contributed by atoms with Crippen LogP contribution in [0.5, 0.6) is 0 Å². The molecule has 0 aromatic heterocycles. The zero-order valence-electron chi connectivity index (χ0n) is 13.8. The molecule has 110 valence electrons. The van der Waals surface area contributed by atoms with Crippen molar-refractivity contribution in [3.05, 3.63) is 0 Å². The van der Waals surface area contributed by atoms with E-state index in [2.05, 4.69) is 46.4 Å². The molecule has 0 saturated carbocycles. The lowest BCUT2D eigenvalue weighted by Gasteiger charge is -2.37. The van der Waals surface area contributed by atoms with E-state index in [4.69, 9.17) is 0 Å². The summed E-state index contributed by atoms with van der Waals surface area (Å²) in [4.78, 5) is 2.70. The second-order valence-corrected chi connectivity index (χ2v) is 6.09. The number of rotatable bonds is 11. The smallest absolute Gasteiger partial charge is 0.00977 e. The monoisotopic (exact) mass is 255 g/mol. The zero-order valence-corrected chi connectivity index (χ0v) is 13.8. The number of nitrogens with zero attached hydrogens (tertiary/aromatic N) is 1. The quantitative estimate of drug-likeness (QED) is 0.441. The first kappa shape index (κ1) is 18.0. The van der Waals surface area contributed by atoms with E-state index in [-0.39, 0.29) is 0 Å². The molecule has 0 aliphatic carbocycles. The van der Waals surface area contributed by atoms with Gasteiger partial charge < -0.3 is 0 Å². The highest BCUT2D eigenvalue weighted by Gasteiger charge is 2.23. The lowest BCUT2D eigenvalue weighted by Crippen LogP contribution is -2.43. The summed E-state index contributed by atoms with van der Waals surface area (Å²) in [5, 5.41) is 0. The molecule has 0 aromatic rings. The van der Waals surface area contributed by atoms with Crippen molar-refractivity contribution in [1.29, 1.82) is 0 Å². The van der Waals surface area contributed by atoms with Crippen molar-refractivity contribution in [1.82, 2.24) is 4.90 Å². The standard InChI is InChI=1S/C17H37N/c1-7-10-11-12-13-17(9-3)16(6)18(14-8-2)15(4)5/h15-17H,7-14H2,1-6H3. The Bertz CT molecular complexity index is 176. The molecule has 2 atom stereocenters. The molecule has 0 bridgehead atoms. The Morgan fingerprint density at radius 2 is 1.50 bits per heavy atom. The second kappa shape index (κ2) is 10.8. The third-order valence-corrected chi connectivity index (χ3v) is 4.30. The van der Waals surface area contributed by atoms with Crippen LogP contribution in [0.3, 0.4) is 0 Å². The lowest BCUT2D eigenvalue weighted by molar-refractivity contribution is 0.110. The molecule has 0 saturated heterocycles. The van der Waals surface area contributed by atoms with Gasteiger partial charge in [0.05, 0.1) is 0 Å². The molecular weight excluding hydrogens is 218 g/mol. The molecule has 0 radical (unpaired) electrons. The summed E-state index contributed by atoms with van der Waals surface area (Å²) in [5.74, 6) is 0.885. The largest absolute Gasteiger partial charge is 0.298 e. The average Bonchev–Trinajstić information content (AvgIpc) is 2.35. The van der Waals surface area contributed by atoms with Crippen LogP contribution in [0.25, 0.3) is 0 Å². The van der Waals surface area contributed by atoms with E-state index in [9.17, 15) is 0 Å². The van der Waals surface area contributed by atoms with Crippen LogP contribution in [-0.2, 0) is 0 Å². The molecule has 0 spiro atoms. The van der Waals surface area contributed by atoms with Crippen molar-refractivity contribution in [3.8, 4) is 0 Å². The minimum atomic E-state index is 0.685. The van der Waals surface area contributed by atoms with Gasteiger partial charge in [0.15, 0.2) is 0 Å². The van der Waals surface area contributed by atoms with Gasteiger partial charge in [-0.25, -0.2) is 0 Å². The molecule has 18 heavy (non-hydrogen) atoms. The van der Waals surface area contributed by atoms with Crippen molar-refractivity contribution in [2.75, 3.05) is 6.54 Å². The maximum atomic E-state index is 2.70. The molecule has 0 aliphatic rings. The van der Waals surface area contributed by atoms with Crippen LogP contribution in [0.4, 0.5) is 0 Å². The highest BCUT2D eigenvalue weighted by atomic mass is 15.2. The van der Waals surface area contributed by atoms with E-state index in [0.717, 1.165) is 12.0 Å². The molecule has 0 fully saturated rings. The Hall–Kier alpha value is -0.0400. The Balaban J connectivity index is 4.23. The molecule has 0 heterocycles. The molecule has 2 unspecified atom stereocenters. The van der Waals surface area contributed by atoms with E-state index in [0.29, 0.717) is 6.04 Å². The highest BCUT2D eigenvalue weighted by Crippen LogP contribution is 2.23. The molecular formula is C17H37N. The van der Waals surface area contributed by atoms with Crippen LogP contribution in [0.2, 0.25) is 0 Å². The summed E-state index contributed by atoms with van der Waals surface area (Å²) in [6.07, 6.45) is 9.64. The van der Waals surface area contributed by atoms with E-state index < -0.39 is 0 Å². The van der Waals surface area contributed by atoms with Gasteiger partial charge in [-0.1, -0.05) is 52.9 Å². The van der Waals surface area contributed by atoms with Crippen molar-refractivity contribution in [2.45, 2.75) is 98.6 Å². The van der Waals surface area contributed by atoms with Crippen LogP contribution >= 0.6 is 0 Å². The molecule has 0 rings (SSSR count). The van der Waals surface area contributed by atoms with Crippen molar-refractivity contribution in [2.24, 2.45) is 5.92 Å². The third-order valence-electron chi connectivity index (χ3n) is 4.30. The summed E-state index contributed by atoms with van der Waals surface area (Å²) < 4.78 is 0. The van der Waals surface area contributed by atoms with Gasteiger partial charge in [0.25, 0.3) is 0 Å². The van der Waals surface area contributed by atoms with Crippen molar-refractivity contribution >= 4 is 0 Å². The topological polar surface area (TPSA) is 3.24 Å². The molecule has 0 amide bonds. The Morgan fingerprint density at radius 3 is 1.94 bits per heavy atom. The molecule has 0 N–H and O–H groups in total. The first-order valence-corrected chi connectivity index (χ1v) is 8.34. The van der Waals surface area contributed by atoms with Gasteiger partial charge in [-0.2, -0.15) is 0 Å². The lowest BCUT2D eigenvalue weighted by atomic mass is 9.90. The number of hydrogen-bond acceptors (Lipinski definition) is 1. The van der Waals surface area contributed by atoms with Gasteiger partial charge in [-0.3, -0.25) is 4.90 Å². The fourth-order valence-electron chi connectivity index (χ4n) is 3.08. The first-order valence-electron chi connectivity index (χ1n) is 8.34. The van der Waals surface area contributed by atoms with E-state index in [1.165, 1.54) is 51.5 Å². The van der Waals surface area contributed by atoms with Gasteiger partial charge >= 0.3 is 0 Å². The van der Waals surface area contributed by atoms with E-state index in [1.807, 2.05) is 0 Å². The molecule has 0 aromatic carbocycles. The van der Waals surface area contributed by atoms with Crippen LogP contribution < -0.4 is 0 Å². The van der Waals surface area contributed by atoms with Gasteiger partial charge in [0, 0.05) is 12.1 Å². The van der Waals surface area contributed by atoms with Crippen LogP contribution in [-0.4, -0.2) is 23.5 Å². The van der Waals surface area contributed by atoms with E-state index >= 15 is 0 Å². The van der Waals surface area contributed by atoms with Crippen molar-refractivity contribution in [3.63, 3.8) is 0 Å². The third kappa shape index (κ3) is 6.78. The van der Waals surface area contributed by atoms with Crippen LogP contribution in [0.15, 0.2) is 0 Å². The maximum absolute atomic E-state index is 2.70. The second-order valence-electron chi connectivity index (χ2n) is 6.09. The predicted octanol–water partition coefficient (Wildman–Crippen LogP) is 5.49. The number of unbranched alkanes of at least 4 members (excludes halogenated alkanes) is 3. The summed E-state index contributed by atoms with van der Waals surface area (Å²) in [5.41, 5.74) is 0. The highest BCUT2D eigenvalue weighted by molar-refractivity contribution is 4.77. The molecule has 1 heteroatoms. The minimum absolute atomic E-state index is 0.685. The zero-order chi connectivity index (χ0) is 14.0. The van der Waals surface area contributed by atoms with Crippen LogP contribution in [0, 0.1) is 5.92 Å². The SMILES string of the molecule is CCCCCCC(CC)C(C)N(CCC)C(C)C. The molecule has 1 nitrogen and oxygen atoms in total. The van der Waals surface area contributed by atoms with Gasteiger partial charge in [-0.15, -0.1) is 0 Å². The normalized spacial score (nSPS) is 15.3. The van der Waals surface area contributed by atoms with E-state index in [1.54, 1.807) is 0 Å². The first-order chi connectivity index (χ1) is 8.58. The van der Waals surface area contributed by atoms with Crippen molar-refractivity contribution < 1.29 is 0 Å². The van der Waals surface area contributed by atoms with Gasteiger partial charge in [0.2, 0.25) is 0 Å². The Labute approximate surface area is 116 Å².